The number of hydrogen-bond acceptors (Lipinski definition) is 7. The van der Waals surface area contributed by atoms with Gasteiger partial charge in [-0.25, -0.2) is 9.78 Å². The maximum Gasteiger partial charge on any atom is 0.331 e. The third kappa shape index (κ3) is 3.72. The molecule has 8 heteroatoms. The van der Waals surface area contributed by atoms with Gasteiger partial charge < -0.3 is 14.1 Å². The topological polar surface area (TPSA) is 98.1 Å². The summed E-state index contributed by atoms with van der Waals surface area (Å²) >= 11 is 1.33. The Morgan fingerprint density at radius 1 is 1.22 bits per heavy atom. The van der Waals surface area contributed by atoms with Crippen molar-refractivity contribution in [3.05, 3.63) is 88.1 Å². The number of ether oxygens (including phenoxy) is 1. The van der Waals surface area contributed by atoms with Gasteiger partial charge in [-0.1, -0.05) is 24.3 Å². The van der Waals surface area contributed by atoms with Crippen LogP contribution in [0.3, 0.4) is 0 Å². The van der Waals surface area contributed by atoms with Crippen LogP contribution in [0, 0.1) is 0 Å². The van der Waals surface area contributed by atoms with Crippen LogP contribution in [0.2, 0.25) is 0 Å². The molecule has 7 nitrogen and oxygen atoms in total. The molecule has 0 saturated heterocycles. The molecule has 1 N–H and O–H groups in total. The number of fused-ring (bicyclic) bond motifs is 2. The highest BCUT2D eigenvalue weighted by molar-refractivity contribution is 7.17. The number of para-hydroxylation sites is 1. The van der Waals surface area contributed by atoms with Gasteiger partial charge in [0, 0.05) is 34.2 Å². The maximum atomic E-state index is 12.7. The minimum atomic E-state index is -0.732. The molecule has 0 radical (unpaired) electrons. The molecule has 0 saturated carbocycles. The molecular formula is C24H17N3O4S. The number of carbonyl (C=O) groups is 1. The minimum absolute atomic E-state index is 0.281. The lowest BCUT2D eigenvalue weighted by atomic mass is 10.1. The van der Waals surface area contributed by atoms with Gasteiger partial charge in [0.1, 0.15) is 10.6 Å². The fourth-order valence-corrected chi connectivity index (χ4v) is 4.40. The van der Waals surface area contributed by atoms with Gasteiger partial charge in [0.25, 0.3) is 5.56 Å². The van der Waals surface area contributed by atoms with Crippen LogP contribution in [0.25, 0.3) is 38.5 Å². The Hall–Kier alpha value is -4.04. The molecule has 1 atom stereocenters. The summed E-state index contributed by atoms with van der Waals surface area (Å²) in [7, 11) is 0. The van der Waals surface area contributed by atoms with E-state index in [1.807, 2.05) is 35.7 Å². The second-order valence-corrected chi connectivity index (χ2v) is 7.95. The zero-order valence-corrected chi connectivity index (χ0v) is 17.8. The van der Waals surface area contributed by atoms with E-state index in [0.717, 1.165) is 16.5 Å². The summed E-state index contributed by atoms with van der Waals surface area (Å²) in [4.78, 5) is 37.2. The predicted octanol–water partition coefficient (Wildman–Crippen LogP) is 5.11. The predicted molar refractivity (Wildman–Crippen MR) is 123 cm³/mol. The van der Waals surface area contributed by atoms with E-state index in [0.29, 0.717) is 21.5 Å². The Labute approximate surface area is 186 Å². The number of aromatic nitrogens is 3. The molecule has 1 aromatic carbocycles. The summed E-state index contributed by atoms with van der Waals surface area (Å²) in [5.41, 5.74) is 1.99. The van der Waals surface area contributed by atoms with Crippen molar-refractivity contribution in [1.82, 2.24) is 15.0 Å². The average Bonchev–Trinajstić information content (AvgIpc) is 3.47. The third-order valence-electron chi connectivity index (χ3n) is 4.99. The van der Waals surface area contributed by atoms with Crippen molar-refractivity contribution in [3.63, 3.8) is 0 Å². The van der Waals surface area contributed by atoms with Crippen molar-refractivity contribution in [2.75, 3.05) is 0 Å². The number of thiophene rings is 1. The fraction of sp³-hybridized carbons (Fsp3) is 0.0833. The van der Waals surface area contributed by atoms with Gasteiger partial charge in [-0.3, -0.25) is 9.78 Å². The van der Waals surface area contributed by atoms with Gasteiger partial charge >= 0.3 is 5.97 Å². The largest absolute Gasteiger partial charge is 0.464 e. The number of nitrogens with one attached hydrogen (secondary N) is 1. The number of aromatic amines is 1. The highest BCUT2D eigenvalue weighted by atomic mass is 32.1. The van der Waals surface area contributed by atoms with Crippen LogP contribution in [0.1, 0.15) is 24.4 Å². The van der Waals surface area contributed by atoms with Crippen molar-refractivity contribution in [3.8, 4) is 11.3 Å². The van der Waals surface area contributed by atoms with Crippen LogP contribution < -0.4 is 5.56 Å². The van der Waals surface area contributed by atoms with E-state index in [2.05, 4.69) is 15.0 Å². The summed E-state index contributed by atoms with van der Waals surface area (Å²) in [6, 6.07) is 13.1. The number of H-pyrrole nitrogens is 1. The Morgan fingerprint density at radius 2 is 2.09 bits per heavy atom. The van der Waals surface area contributed by atoms with Crippen molar-refractivity contribution < 1.29 is 13.9 Å². The molecule has 158 valence electrons. The minimum Gasteiger partial charge on any atom is -0.464 e. The van der Waals surface area contributed by atoms with Crippen LogP contribution in [0.4, 0.5) is 0 Å². The van der Waals surface area contributed by atoms with E-state index in [-0.39, 0.29) is 11.4 Å². The highest BCUT2D eigenvalue weighted by Crippen LogP contribution is 2.31. The van der Waals surface area contributed by atoms with E-state index < -0.39 is 12.1 Å². The van der Waals surface area contributed by atoms with E-state index in [1.165, 1.54) is 17.4 Å². The standard InChI is InChI=1S/C24H17N3O4S/c1-14(31-19(28)10-9-16-6-2-5-15-7-3-11-25-21(15)16)22-26-23(29)20-17(13-32-24(20)27-22)18-8-4-12-30-18/h2-14H,1H3,(H,26,27,29)/b10-9+. The smallest absolute Gasteiger partial charge is 0.331 e. The highest BCUT2D eigenvalue weighted by Gasteiger charge is 2.18. The quantitative estimate of drug-likeness (QED) is 0.299. The molecule has 4 aromatic heterocycles. The summed E-state index contributed by atoms with van der Waals surface area (Å²) in [6.07, 6.45) is 5.54. The molecular weight excluding hydrogens is 426 g/mol. The van der Waals surface area contributed by atoms with Gasteiger partial charge in [0.2, 0.25) is 0 Å². The Kier molecular flexibility index (Phi) is 5.12. The summed E-state index contributed by atoms with van der Waals surface area (Å²) in [5.74, 6) is 0.336. The van der Waals surface area contributed by atoms with Crippen molar-refractivity contribution >= 4 is 44.5 Å². The number of hydrogen-bond donors (Lipinski definition) is 1. The normalized spacial score (nSPS) is 12.5. The number of nitrogens with zero attached hydrogens (tertiary/aromatic N) is 2. The number of esters is 1. The van der Waals surface area contributed by atoms with Gasteiger partial charge in [-0.15, -0.1) is 11.3 Å². The second-order valence-electron chi connectivity index (χ2n) is 7.09. The van der Waals surface area contributed by atoms with Gasteiger partial charge in [-0.2, -0.15) is 0 Å². The molecule has 5 aromatic rings. The zero-order valence-electron chi connectivity index (χ0n) is 16.9. The van der Waals surface area contributed by atoms with E-state index in [9.17, 15) is 9.59 Å². The molecule has 4 heterocycles. The zero-order chi connectivity index (χ0) is 22.1. The Balaban J connectivity index is 1.36. The number of benzene rings is 1. The fourth-order valence-electron chi connectivity index (χ4n) is 3.46. The second kappa shape index (κ2) is 8.24. The monoisotopic (exact) mass is 443 g/mol. The molecule has 0 fully saturated rings. The number of furan rings is 1. The molecule has 0 aliphatic rings. The van der Waals surface area contributed by atoms with Crippen LogP contribution in [-0.4, -0.2) is 20.9 Å². The molecule has 0 spiro atoms. The molecule has 0 aliphatic heterocycles. The van der Waals surface area contributed by atoms with Gasteiger partial charge in [0.05, 0.1) is 17.2 Å². The van der Waals surface area contributed by atoms with Crippen LogP contribution in [0.5, 0.6) is 0 Å². The summed E-state index contributed by atoms with van der Waals surface area (Å²) < 4.78 is 10.9. The van der Waals surface area contributed by atoms with Crippen molar-refractivity contribution in [1.29, 1.82) is 0 Å². The third-order valence-corrected chi connectivity index (χ3v) is 5.86. The lowest BCUT2D eigenvalue weighted by Crippen LogP contribution is -2.16. The van der Waals surface area contributed by atoms with E-state index in [1.54, 1.807) is 37.6 Å². The molecule has 5 rings (SSSR count). The number of pyridine rings is 1. The first-order chi connectivity index (χ1) is 15.6. The van der Waals surface area contributed by atoms with Gasteiger partial charge in [0.15, 0.2) is 11.9 Å². The van der Waals surface area contributed by atoms with Crippen LogP contribution >= 0.6 is 11.3 Å². The average molecular weight is 443 g/mol. The first-order valence-corrected chi connectivity index (χ1v) is 10.8. The Bertz CT molecular complexity index is 1510. The molecule has 0 aliphatic carbocycles. The number of rotatable bonds is 5. The first kappa shape index (κ1) is 19.9. The summed E-state index contributed by atoms with van der Waals surface area (Å²) in [5, 5.41) is 3.26. The summed E-state index contributed by atoms with van der Waals surface area (Å²) in [6.45, 7) is 1.66. The lowest BCUT2D eigenvalue weighted by molar-refractivity contribution is -0.142. The van der Waals surface area contributed by atoms with Crippen LogP contribution in [-0.2, 0) is 9.53 Å². The molecule has 1 unspecified atom stereocenters. The van der Waals surface area contributed by atoms with E-state index in [4.69, 9.17) is 9.15 Å². The number of carbonyl (C=O) groups excluding carboxylic acids is 1. The molecule has 0 amide bonds. The van der Waals surface area contributed by atoms with Crippen molar-refractivity contribution in [2.24, 2.45) is 0 Å². The van der Waals surface area contributed by atoms with Crippen molar-refractivity contribution in [2.45, 2.75) is 13.0 Å². The SMILES string of the molecule is CC(OC(=O)/C=C/c1cccc2cccnc12)c1nc2scc(-c3ccco3)c2c(=O)[nH]1. The Morgan fingerprint density at radius 3 is 2.94 bits per heavy atom. The maximum absolute atomic E-state index is 12.7. The molecule has 0 bridgehead atoms. The lowest BCUT2D eigenvalue weighted by Gasteiger charge is -2.11. The first-order valence-electron chi connectivity index (χ1n) is 9.88. The van der Waals surface area contributed by atoms with Crippen LogP contribution in [0.15, 0.2) is 75.6 Å². The molecule has 32 heavy (non-hydrogen) atoms. The van der Waals surface area contributed by atoms with E-state index >= 15 is 0 Å². The van der Waals surface area contributed by atoms with Gasteiger partial charge in [-0.05, 0) is 31.2 Å².